The van der Waals surface area contributed by atoms with Gasteiger partial charge in [-0.1, -0.05) is 41.5 Å². The van der Waals surface area contributed by atoms with Crippen molar-refractivity contribution in [2.24, 2.45) is 10.8 Å². The number of alkyl halides is 3. The molecule has 0 aromatic rings. The van der Waals surface area contributed by atoms with Gasteiger partial charge in [0.2, 0.25) is 0 Å². The first-order chi connectivity index (χ1) is 6.76. The minimum Gasteiger partial charge on any atom is -0.346 e. The van der Waals surface area contributed by atoms with Crippen LogP contribution >= 0.6 is 11.6 Å². The van der Waals surface area contributed by atoms with E-state index in [0.29, 0.717) is 0 Å². The van der Waals surface area contributed by atoms with Crippen molar-refractivity contribution in [2.75, 3.05) is 0 Å². The van der Waals surface area contributed by atoms with Crippen LogP contribution in [0, 0.1) is 10.8 Å². The molecule has 0 heterocycles. The molecule has 0 aliphatic rings. The smallest absolute Gasteiger partial charge is 0.346 e. The molecule has 0 aromatic carbocycles. The molecule has 5 heteroatoms. The molecule has 0 aliphatic heterocycles. The van der Waals surface area contributed by atoms with Crippen molar-refractivity contribution in [1.29, 1.82) is 0 Å². The Hall–Kier alpha value is -0.380. The van der Waals surface area contributed by atoms with Crippen LogP contribution in [0.5, 0.6) is 0 Å². The summed E-state index contributed by atoms with van der Waals surface area (Å²) in [4.78, 5) is 11.2. The summed E-state index contributed by atoms with van der Waals surface area (Å²) < 4.78 is 25.2. The average molecular weight is 256 g/mol. The van der Waals surface area contributed by atoms with Gasteiger partial charge in [0.25, 0.3) is 0 Å². The number of rotatable bonds is 2. The van der Waals surface area contributed by atoms with E-state index in [1.165, 1.54) is 0 Å². The van der Waals surface area contributed by atoms with Gasteiger partial charge in [-0.2, -0.15) is 8.78 Å². The highest BCUT2D eigenvalue weighted by Crippen LogP contribution is 2.34. The Morgan fingerprint density at radius 3 is 1.56 bits per heavy atom. The van der Waals surface area contributed by atoms with E-state index in [4.69, 9.17) is 0 Å². The number of hydrogen-bond acceptors (Lipinski definition) is 1. The second-order valence-electron chi connectivity index (χ2n) is 6.14. The Morgan fingerprint density at radius 2 is 1.38 bits per heavy atom. The van der Waals surface area contributed by atoms with Gasteiger partial charge in [-0.3, -0.25) is 4.79 Å². The molecule has 0 aliphatic carbocycles. The van der Waals surface area contributed by atoms with E-state index in [0.717, 1.165) is 0 Å². The predicted octanol–water partition coefficient (Wildman–Crippen LogP) is 3.40. The summed E-state index contributed by atoms with van der Waals surface area (Å²) in [5, 5.41) is -1.54. The summed E-state index contributed by atoms with van der Waals surface area (Å²) in [6, 6.07) is -0.392. The van der Waals surface area contributed by atoms with Gasteiger partial charge >= 0.3 is 11.3 Å². The minimum absolute atomic E-state index is 0.323. The Balaban J connectivity index is 4.93. The lowest BCUT2D eigenvalue weighted by Gasteiger charge is -2.41. The fraction of sp³-hybridized carbons (Fsp3) is 0.909. The van der Waals surface area contributed by atoms with Crippen molar-refractivity contribution in [2.45, 2.75) is 53.0 Å². The lowest BCUT2D eigenvalue weighted by Crippen LogP contribution is -2.54. The Bertz CT molecular complexity index is 247. The highest BCUT2D eigenvalue weighted by Gasteiger charge is 2.42. The van der Waals surface area contributed by atoms with E-state index in [1.807, 2.05) is 41.5 Å². The molecule has 1 amide bonds. The summed E-state index contributed by atoms with van der Waals surface area (Å²) in [5.74, 6) is -1.44. The second kappa shape index (κ2) is 4.47. The van der Waals surface area contributed by atoms with Crippen LogP contribution in [0.3, 0.4) is 0 Å². The average Bonchev–Trinajstić information content (AvgIpc) is 1.92. The van der Waals surface area contributed by atoms with E-state index in [2.05, 4.69) is 16.9 Å². The molecule has 0 bridgehead atoms. The molecular weight excluding hydrogens is 236 g/mol. The number of carbonyl (C=O) groups excluding carboxylic acids is 1. The monoisotopic (exact) mass is 255 g/mol. The van der Waals surface area contributed by atoms with E-state index in [1.54, 1.807) is 0 Å². The van der Waals surface area contributed by atoms with Crippen molar-refractivity contribution in [3.8, 4) is 0 Å². The van der Waals surface area contributed by atoms with Crippen molar-refractivity contribution in [1.82, 2.24) is 5.32 Å². The Morgan fingerprint density at radius 1 is 1.06 bits per heavy atom. The Labute approximate surface area is 101 Å². The maximum Gasteiger partial charge on any atom is 0.399 e. The molecule has 1 N–H and O–H groups in total. The van der Waals surface area contributed by atoms with Gasteiger partial charge in [0, 0.05) is 6.04 Å². The van der Waals surface area contributed by atoms with Gasteiger partial charge < -0.3 is 5.32 Å². The molecular formula is C11H20ClF2NO. The Kier molecular flexibility index (Phi) is 4.37. The van der Waals surface area contributed by atoms with Gasteiger partial charge in [0.1, 0.15) is 0 Å². The van der Waals surface area contributed by atoms with Crippen LogP contribution in [0.2, 0.25) is 0 Å². The summed E-state index contributed by atoms with van der Waals surface area (Å²) in [5.41, 5.74) is -0.647. The molecule has 0 radical (unpaired) electrons. The lowest BCUT2D eigenvalue weighted by atomic mass is 9.72. The number of nitrogens with one attached hydrogen (secondary N) is 1. The fourth-order valence-electron chi connectivity index (χ4n) is 1.94. The summed E-state index contributed by atoms with van der Waals surface area (Å²) in [7, 11) is 0. The zero-order valence-corrected chi connectivity index (χ0v) is 11.4. The standard InChI is InChI=1S/C11H20ClF2NO/c1-9(2,3)7(10(4,5)6)15-8(16)11(12,13)14/h7H,1-6H3,(H,15,16). The zero-order valence-electron chi connectivity index (χ0n) is 10.6. The molecule has 0 atom stereocenters. The van der Waals surface area contributed by atoms with Crippen LogP contribution in [0.15, 0.2) is 0 Å². The van der Waals surface area contributed by atoms with Gasteiger partial charge in [-0.05, 0) is 22.4 Å². The normalized spacial score (nSPS) is 14.1. The van der Waals surface area contributed by atoms with Gasteiger partial charge in [-0.25, -0.2) is 0 Å². The topological polar surface area (TPSA) is 29.1 Å². The molecule has 0 rings (SSSR count). The first-order valence-electron chi connectivity index (χ1n) is 5.14. The zero-order chi connectivity index (χ0) is 13.4. The predicted molar refractivity (Wildman–Crippen MR) is 61.6 cm³/mol. The maximum absolute atomic E-state index is 12.6. The third kappa shape index (κ3) is 4.64. The summed E-state index contributed by atoms with van der Waals surface area (Å²) in [6.45, 7) is 11.3. The van der Waals surface area contributed by atoms with Crippen molar-refractivity contribution in [3.63, 3.8) is 0 Å². The van der Waals surface area contributed by atoms with Gasteiger partial charge in [0.15, 0.2) is 0 Å². The van der Waals surface area contributed by atoms with Crippen LogP contribution < -0.4 is 5.32 Å². The molecule has 0 fully saturated rings. The second-order valence-corrected chi connectivity index (χ2v) is 6.61. The summed E-state index contributed by atoms with van der Waals surface area (Å²) >= 11 is 4.68. The van der Waals surface area contributed by atoms with Gasteiger partial charge in [0.05, 0.1) is 0 Å². The highest BCUT2D eigenvalue weighted by molar-refractivity contribution is 6.32. The quantitative estimate of drug-likeness (QED) is 0.753. The number of hydrogen-bond donors (Lipinski definition) is 1. The molecule has 0 aromatic heterocycles. The van der Waals surface area contributed by atoms with Crippen LogP contribution in [0.25, 0.3) is 0 Å². The molecule has 0 saturated heterocycles. The third-order valence-electron chi connectivity index (χ3n) is 2.26. The van der Waals surface area contributed by atoms with Gasteiger partial charge in [-0.15, -0.1) is 0 Å². The number of carbonyl (C=O) groups is 1. The summed E-state index contributed by atoms with van der Waals surface area (Å²) in [6.07, 6.45) is 0. The maximum atomic E-state index is 12.6. The molecule has 0 spiro atoms. The SMILES string of the molecule is CC(C)(C)C(NC(=O)C(F)(F)Cl)C(C)(C)C. The lowest BCUT2D eigenvalue weighted by molar-refractivity contribution is -0.138. The minimum atomic E-state index is -3.85. The van der Waals surface area contributed by atoms with Crippen LogP contribution in [0.1, 0.15) is 41.5 Å². The van der Waals surface area contributed by atoms with Crippen LogP contribution in [-0.2, 0) is 4.79 Å². The molecule has 2 nitrogen and oxygen atoms in total. The van der Waals surface area contributed by atoms with Crippen molar-refractivity contribution >= 4 is 17.5 Å². The highest BCUT2D eigenvalue weighted by atomic mass is 35.5. The molecule has 0 saturated carbocycles. The first-order valence-corrected chi connectivity index (χ1v) is 5.52. The molecule has 16 heavy (non-hydrogen) atoms. The molecule has 96 valence electrons. The number of halogens is 3. The van der Waals surface area contributed by atoms with Crippen molar-refractivity contribution in [3.05, 3.63) is 0 Å². The first kappa shape index (κ1) is 15.6. The number of amides is 1. The molecule has 0 unspecified atom stereocenters. The van der Waals surface area contributed by atoms with E-state index in [-0.39, 0.29) is 10.8 Å². The van der Waals surface area contributed by atoms with E-state index in [9.17, 15) is 13.6 Å². The van der Waals surface area contributed by atoms with E-state index < -0.39 is 17.3 Å². The third-order valence-corrected chi connectivity index (χ3v) is 2.44. The fourth-order valence-corrected chi connectivity index (χ4v) is 2.00. The largest absolute Gasteiger partial charge is 0.399 e. The van der Waals surface area contributed by atoms with E-state index >= 15 is 0 Å². The van der Waals surface area contributed by atoms with Crippen LogP contribution in [0.4, 0.5) is 8.78 Å². The van der Waals surface area contributed by atoms with Crippen molar-refractivity contribution < 1.29 is 13.6 Å². The van der Waals surface area contributed by atoms with Crippen LogP contribution in [-0.4, -0.2) is 17.3 Å².